The minimum atomic E-state index is -0.133. The van der Waals surface area contributed by atoms with E-state index < -0.39 is 0 Å². The van der Waals surface area contributed by atoms with Gasteiger partial charge < -0.3 is 15.0 Å². The topological polar surface area (TPSA) is 58.6 Å². The first-order valence-electron chi connectivity index (χ1n) is 7.04. The average Bonchev–Trinajstić information content (AvgIpc) is 2.54. The van der Waals surface area contributed by atoms with Gasteiger partial charge in [-0.2, -0.15) is 0 Å². The number of rotatable bonds is 4. The van der Waals surface area contributed by atoms with Gasteiger partial charge in [0.05, 0.1) is 0 Å². The second-order valence-corrected chi connectivity index (χ2v) is 4.95. The second kappa shape index (κ2) is 6.92. The summed E-state index contributed by atoms with van der Waals surface area (Å²) in [6.45, 7) is 4.84. The summed E-state index contributed by atoms with van der Waals surface area (Å²) in [7, 11) is 1.60. The van der Waals surface area contributed by atoms with Crippen LogP contribution in [0.1, 0.15) is 23.2 Å². The second-order valence-electron chi connectivity index (χ2n) is 4.95. The van der Waals surface area contributed by atoms with Gasteiger partial charge in [0.25, 0.3) is 5.91 Å². The number of amides is 2. The van der Waals surface area contributed by atoms with Crippen molar-refractivity contribution in [1.29, 1.82) is 0 Å². The average molecular weight is 288 g/mol. The van der Waals surface area contributed by atoms with Gasteiger partial charge in [-0.1, -0.05) is 12.6 Å². The highest BCUT2D eigenvalue weighted by atomic mass is 16.5. The van der Waals surface area contributed by atoms with Crippen molar-refractivity contribution in [2.45, 2.75) is 18.9 Å². The van der Waals surface area contributed by atoms with Gasteiger partial charge >= 0.3 is 0 Å². The molecule has 1 fully saturated rings. The number of piperidine rings is 1. The van der Waals surface area contributed by atoms with Crippen molar-refractivity contribution in [2.24, 2.45) is 0 Å². The molecule has 1 aromatic carbocycles. The highest BCUT2D eigenvalue weighted by Crippen LogP contribution is 2.20. The maximum absolute atomic E-state index is 11.6. The van der Waals surface area contributed by atoms with Gasteiger partial charge in [-0.3, -0.25) is 9.59 Å². The molecule has 2 rings (SSSR count). The quantitative estimate of drug-likeness (QED) is 0.856. The number of carbonyl (C=O) groups is 2. The van der Waals surface area contributed by atoms with Gasteiger partial charge in [0, 0.05) is 38.5 Å². The molecule has 0 spiro atoms. The van der Waals surface area contributed by atoms with Crippen LogP contribution in [0, 0.1) is 0 Å². The fourth-order valence-electron chi connectivity index (χ4n) is 2.37. The largest absolute Gasteiger partial charge is 0.490 e. The Hall–Kier alpha value is -2.30. The van der Waals surface area contributed by atoms with Crippen LogP contribution in [-0.2, 0) is 4.79 Å². The van der Waals surface area contributed by atoms with E-state index in [9.17, 15) is 9.59 Å². The minimum absolute atomic E-state index is 0.0323. The summed E-state index contributed by atoms with van der Waals surface area (Å²) in [5, 5.41) is 2.59. The van der Waals surface area contributed by atoms with Crippen LogP contribution in [-0.4, -0.2) is 43.0 Å². The van der Waals surface area contributed by atoms with E-state index in [2.05, 4.69) is 11.9 Å². The predicted octanol–water partition coefficient (Wildman–Crippen LogP) is 1.60. The lowest BCUT2D eigenvalue weighted by molar-refractivity contribution is -0.127. The standard InChI is InChI=1S/C16H20N2O3/c1-3-15(19)18-9-7-13(8-10-18)21-14-6-4-5-12(11-14)16(20)17-2/h3-6,11,13H,1,7-10H2,2H3,(H,17,20). The first kappa shape index (κ1) is 15.1. The summed E-state index contributed by atoms with van der Waals surface area (Å²) in [6.07, 6.45) is 2.97. The van der Waals surface area contributed by atoms with Gasteiger partial charge in [0.15, 0.2) is 0 Å². The highest BCUT2D eigenvalue weighted by molar-refractivity contribution is 5.94. The summed E-state index contributed by atoms with van der Waals surface area (Å²) < 4.78 is 5.91. The molecule has 0 aliphatic carbocycles. The third-order valence-electron chi connectivity index (χ3n) is 3.55. The molecule has 0 radical (unpaired) electrons. The zero-order chi connectivity index (χ0) is 15.2. The van der Waals surface area contributed by atoms with E-state index in [1.807, 2.05) is 6.07 Å². The Balaban J connectivity index is 1.93. The maximum Gasteiger partial charge on any atom is 0.251 e. The Morgan fingerprint density at radius 2 is 2.10 bits per heavy atom. The van der Waals surface area contributed by atoms with E-state index in [4.69, 9.17) is 4.74 Å². The summed E-state index contributed by atoms with van der Waals surface area (Å²) in [4.78, 5) is 24.9. The summed E-state index contributed by atoms with van der Waals surface area (Å²) >= 11 is 0. The monoisotopic (exact) mass is 288 g/mol. The molecular weight excluding hydrogens is 268 g/mol. The van der Waals surface area contributed by atoms with E-state index in [0.717, 1.165) is 12.8 Å². The number of benzene rings is 1. The third-order valence-corrected chi connectivity index (χ3v) is 3.55. The molecule has 0 bridgehead atoms. The molecule has 112 valence electrons. The zero-order valence-corrected chi connectivity index (χ0v) is 12.2. The van der Waals surface area contributed by atoms with Crippen molar-refractivity contribution >= 4 is 11.8 Å². The molecule has 0 saturated carbocycles. The van der Waals surface area contributed by atoms with E-state index in [1.165, 1.54) is 6.08 Å². The number of nitrogens with one attached hydrogen (secondary N) is 1. The molecule has 1 aromatic rings. The summed E-state index contributed by atoms with van der Waals surface area (Å²) in [5.41, 5.74) is 0.578. The molecule has 1 saturated heterocycles. The van der Waals surface area contributed by atoms with Gasteiger partial charge in [0.1, 0.15) is 11.9 Å². The lowest BCUT2D eigenvalue weighted by Crippen LogP contribution is -2.41. The predicted molar refractivity (Wildman–Crippen MR) is 80.3 cm³/mol. The van der Waals surface area contributed by atoms with Crippen LogP contribution >= 0.6 is 0 Å². The SMILES string of the molecule is C=CC(=O)N1CCC(Oc2cccc(C(=O)NC)c2)CC1. The Bertz CT molecular complexity index is 534. The minimum Gasteiger partial charge on any atom is -0.490 e. The van der Waals surface area contributed by atoms with E-state index >= 15 is 0 Å². The van der Waals surface area contributed by atoms with Crippen LogP contribution in [0.2, 0.25) is 0 Å². The van der Waals surface area contributed by atoms with Crippen LogP contribution in [0.5, 0.6) is 5.75 Å². The van der Waals surface area contributed by atoms with Crippen molar-refractivity contribution < 1.29 is 14.3 Å². The number of hydrogen-bond acceptors (Lipinski definition) is 3. The van der Waals surface area contributed by atoms with Crippen molar-refractivity contribution in [3.05, 3.63) is 42.5 Å². The number of carbonyl (C=O) groups excluding carboxylic acids is 2. The summed E-state index contributed by atoms with van der Waals surface area (Å²) in [5.74, 6) is 0.520. The first-order valence-corrected chi connectivity index (χ1v) is 7.04. The van der Waals surface area contributed by atoms with Crippen LogP contribution in [0.3, 0.4) is 0 Å². The number of hydrogen-bond donors (Lipinski definition) is 1. The lowest BCUT2D eigenvalue weighted by atomic mass is 10.1. The van der Waals surface area contributed by atoms with E-state index in [1.54, 1.807) is 30.1 Å². The first-order chi connectivity index (χ1) is 10.1. The molecule has 0 aromatic heterocycles. The van der Waals surface area contributed by atoms with Crippen LogP contribution < -0.4 is 10.1 Å². The third kappa shape index (κ3) is 3.84. The molecule has 2 amide bonds. The number of likely N-dealkylation sites (tertiary alicyclic amines) is 1. The highest BCUT2D eigenvalue weighted by Gasteiger charge is 2.22. The molecule has 1 heterocycles. The van der Waals surface area contributed by atoms with E-state index in [-0.39, 0.29) is 17.9 Å². The number of nitrogens with zero attached hydrogens (tertiary/aromatic N) is 1. The maximum atomic E-state index is 11.6. The molecule has 5 heteroatoms. The Labute approximate surface area is 124 Å². The smallest absolute Gasteiger partial charge is 0.251 e. The fourth-order valence-corrected chi connectivity index (χ4v) is 2.37. The normalized spacial score (nSPS) is 15.4. The Morgan fingerprint density at radius 3 is 2.71 bits per heavy atom. The zero-order valence-electron chi connectivity index (χ0n) is 12.2. The molecule has 5 nitrogen and oxygen atoms in total. The van der Waals surface area contributed by atoms with Crippen molar-refractivity contribution in [3.8, 4) is 5.75 Å². The van der Waals surface area contributed by atoms with Gasteiger partial charge in [-0.15, -0.1) is 0 Å². The van der Waals surface area contributed by atoms with Gasteiger partial charge in [-0.25, -0.2) is 0 Å². The Morgan fingerprint density at radius 1 is 1.38 bits per heavy atom. The van der Waals surface area contributed by atoms with Crippen LogP contribution in [0.15, 0.2) is 36.9 Å². The van der Waals surface area contributed by atoms with Gasteiger partial charge in [0.2, 0.25) is 5.91 Å². The van der Waals surface area contributed by atoms with Crippen LogP contribution in [0.25, 0.3) is 0 Å². The fraction of sp³-hybridized carbons (Fsp3) is 0.375. The van der Waals surface area contributed by atoms with Crippen molar-refractivity contribution in [3.63, 3.8) is 0 Å². The molecular formula is C16H20N2O3. The number of ether oxygens (including phenoxy) is 1. The van der Waals surface area contributed by atoms with Crippen molar-refractivity contribution in [1.82, 2.24) is 10.2 Å². The molecule has 1 aliphatic rings. The summed E-state index contributed by atoms with van der Waals surface area (Å²) in [6, 6.07) is 7.13. The lowest BCUT2D eigenvalue weighted by Gasteiger charge is -2.31. The molecule has 0 atom stereocenters. The van der Waals surface area contributed by atoms with E-state index in [0.29, 0.717) is 24.4 Å². The molecule has 21 heavy (non-hydrogen) atoms. The molecule has 1 N–H and O–H groups in total. The Kier molecular flexibility index (Phi) is 4.98. The molecule has 0 unspecified atom stereocenters. The van der Waals surface area contributed by atoms with Gasteiger partial charge in [-0.05, 0) is 24.3 Å². The molecule has 1 aliphatic heterocycles. The van der Waals surface area contributed by atoms with Crippen molar-refractivity contribution in [2.75, 3.05) is 20.1 Å². The van der Waals surface area contributed by atoms with Crippen LogP contribution in [0.4, 0.5) is 0 Å².